The van der Waals surface area contributed by atoms with Crippen LogP contribution in [-0.2, 0) is 10.0 Å². The minimum atomic E-state index is -4.67. The molecule has 0 radical (unpaired) electrons. The van der Waals surface area contributed by atoms with Crippen LogP contribution in [0.25, 0.3) is 22.4 Å². The lowest BCUT2D eigenvalue weighted by Crippen LogP contribution is -2.47. The highest BCUT2D eigenvalue weighted by atomic mass is 32.2. The first-order chi connectivity index (χ1) is 16.6. The predicted octanol–water partition coefficient (Wildman–Crippen LogP) is 5.18. The second-order valence-electron chi connectivity index (χ2n) is 8.95. The van der Waals surface area contributed by atoms with Gasteiger partial charge in [0.1, 0.15) is 22.2 Å². The summed E-state index contributed by atoms with van der Waals surface area (Å²) in [5, 5.41) is 10.8. The van der Waals surface area contributed by atoms with Gasteiger partial charge in [-0.2, -0.15) is 23.2 Å². The Morgan fingerprint density at radius 3 is 2.46 bits per heavy atom. The van der Waals surface area contributed by atoms with Crippen molar-refractivity contribution in [1.29, 1.82) is 5.26 Å². The molecule has 12 heteroatoms. The van der Waals surface area contributed by atoms with Gasteiger partial charge in [-0.15, -0.1) is 11.8 Å². The van der Waals surface area contributed by atoms with Crippen LogP contribution in [0.5, 0.6) is 0 Å². The molecular weight excluding hydrogens is 499 g/mol. The lowest BCUT2D eigenvalue weighted by atomic mass is 10.1. The van der Waals surface area contributed by atoms with Crippen LogP contribution in [0.4, 0.5) is 13.2 Å². The Balaban J connectivity index is 1.59. The van der Waals surface area contributed by atoms with Crippen LogP contribution in [0, 0.1) is 11.3 Å². The quantitative estimate of drug-likeness (QED) is 0.449. The molecule has 0 amide bonds. The van der Waals surface area contributed by atoms with E-state index in [1.807, 2.05) is 21.6 Å². The molecule has 0 aromatic carbocycles. The van der Waals surface area contributed by atoms with Gasteiger partial charge in [0.15, 0.2) is 0 Å². The van der Waals surface area contributed by atoms with Crippen molar-refractivity contribution in [3.63, 3.8) is 0 Å². The Bertz CT molecular complexity index is 1430. The average Bonchev–Trinajstić information content (AvgIpc) is 3.29. The van der Waals surface area contributed by atoms with Crippen molar-refractivity contribution in [2.75, 3.05) is 6.26 Å². The zero-order valence-electron chi connectivity index (χ0n) is 18.8. The van der Waals surface area contributed by atoms with Crippen LogP contribution in [0.2, 0.25) is 0 Å². The Morgan fingerprint density at radius 1 is 1.20 bits per heavy atom. The summed E-state index contributed by atoms with van der Waals surface area (Å²) < 4.78 is 69.0. The number of fused-ring (bicyclic) bond motifs is 1. The first-order valence-corrected chi connectivity index (χ1v) is 13.9. The molecule has 3 aromatic heterocycles. The van der Waals surface area contributed by atoms with E-state index < -0.39 is 21.7 Å². The number of pyridine rings is 2. The number of hydrogen-bond acceptors (Lipinski definition) is 6. The van der Waals surface area contributed by atoms with Gasteiger partial charge in [0.2, 0.25) is 10.0 Å². The number of thioether (sulfide) groups is 1. The van der Waals surface area contributed by atoms with E-state index in [9.17, 15) is 26.9 Å². The Kier molecular flexibility index (Phi) is 5.85. The summed E-state index contributed by atoms with van der Waals surface area (Å²) in [5.41, 5.74) is -0.430. The van der Waals surface area contributed by atoms with Crippen molar-refractivity contribution in [2.24, 2.45) is 0 Å². The average molecular weight is 522 g/mol. The van der Waals surface area contributed by atoms with Crippen molar-refractivity contribution in [3.8, 4) is 17.5 Å². The number of alkyl halides is 3. The summed E-state index contributed by atoms with van der Waals surface area (Å²) in [7, 11) is -4.43. The Labute approximate surface area is 204 Å². The first-order valence-electron chi connectivity index (χ1n) is 11.2. The molecule has 0 saturated heterocycles. The van der Waals surface area contributed by atoms with E-state index in [4.69, 9.17) is 0 Å². The molecular formula is C23H22F3N5O2S2. The summed E-state index contributed by atoms with van der Waals surface area (Å²) in [5.74, 6) is 0. The minimum Gasteiger partial charge on any atom is -0.320 e. The number of aromatic nitrogens is 3. The molecule has 3 heterocycles. The van der Waals surface area contributed by atoms with Gasteiger partial charge in [-0.3, -0.25) is 4.98 Å². The van der Waals surface area contributed by atoms with Crippen LogP contribution >= 0.6 is 11.8 Å². The topological polar surface area (TPSA) is 101 Å². The van der Waals surface area contributed by atoms with Crippen LogP contribution < -0.4 is 4.72 Å². The molecule has 2 aliphatic carbocycles. The van der Waals surface area contributed by atoms with Gasteiger partial charge < -0.3 is 4.57 Å². The molecule has 2 fully saturated rings. The van der Waals surface area contributed by atoms with Gasteiger partial charge in [0.25, 0.3) is 0 Å². The number of halogens is 3. The summed E-state index contributed by atoms with van der Waals surface area (Å²) in [4.78, 5) is 9.48. The lowest BCUT2D eigenvalue weighted by molar-refractivity contribution is -0.160. The molecule has 184 valence electrons. The summed E-state index contributed by atoms with van der Waals surface area (Å²) in [6.07, 6.45) is 3.40. The zero-order valence-corrected chi connectivity index (χ0v) is 20.4. The smallest absolute Gasteiger partial charge is 0.320 e. The molecule has 35 heavy (non-hydrogen) atoms. The number of hydrogen-bond donors (Lipinski definition) is 1. The van der Waals surface area contributed by atoms with Gasteiger partial charge in [0.05, 0.1) is 17.0 Å². The highest BCUT2D eigenvalue weighted by molar-refractivity contribution is 7.98. The third kappa shape index (κ3) is 4.09. The maximum absolute atomic E-state index is 13.3. The number of sulfonamides is 1. The van der Waals surface area contributed by atoms with Crippen LogP contribution in [0.1, 0.15) is 50.1 Å². The maximum atomic E-state index is 13.3. The monoisotopic (exact) mass is 521 g/mol. The maximum Gasteiger partial charge on any atom is 0.407 e. The molecule has 0 spiro atoms. The van der Waals surface area contributed by atoms with E-state index in [2.05, 4.69) is 16.0 Å². The minimum absolute atomic E-state index is 0.121. The molecule has 3 aromatic rings. The second kappa shape index (κ2) is 8.50. The predicted molar refractivity (Wildman–Crippen MR) is 125 cm³/mol. The van der Waals surface area contributed by atoms with Crippen molar-refractivity contribution < 1.29 is 21.6 Å². The lowest BCUT2D eigenvalue weighted by Gasteiger charge is -2.20. The van der Waals surface area contributed by atoms with Crippen molar-refractivity contribution in [3.05, 3.63) is 36.2 Å². The van der Waals surface area contributed by atoms with Crippen LogP contribution in [0.3, 0.4) is 0 Å². The summed E-state index contributed by atoms with van der Waals surface area (Å²) in [6, 6.07) is 6.97. The third-order valence-corrected chi connectivity index (χ3v) is 8.98. The van der Waals surface area contributed by atoms with E-state index in [0.29, 0.717) is 28.0 Å². The number of nitrogens with one attached hydrogen (secondary N) is 1. The fourth-order valence-corrected chi connectivity index (χ4v) is 6.51. The fourth-order valence-electron chi connectivity index (χ4n) is 4.73. The van der Waals surface area contributed by atoms with E-state index in [0.717, 1.165) is 36.8 Å². The van der Waals surface area contributed by atoms with Gasteiger partial charge in [0, 0.05) is 28.7 Å². The van der Waals surface area contributed by atoms with E-state index in [1.54, 1.807) is 6.20 Å². The highest BCUT2D eigenvalue weighted by Crippen LogP contribution is 2.49. The summed E-state index contributed by atoms with van der Waals surface area (Å²) >= 11 is 1.51. The standard InChI is InChI=1S/C23H22F3N5O2S2/c1-34-15-10-17-18(11-27)20(31(21(17)29-12-15)14-4-2-3-5-14)19-7-6-16(13-28-19)35(32,33)30-22(8-9-22)23(24,25)26/h6-7,10,12-14,30H,2-5,8-9H2,1H3. The second-order valence-corrected chi connectivity index (χ2v) is 11.5. The molecule has 7 nitrogen and oxygen atoms in total. The largest absolute Gasteiger partial charge is 0.407 e. The molecule has 5 rings (SSSR count). The number of nitriles is 1. The first kappa shape index (κ1) is 24.1. The van der Waals surface area contributed by atoms with Crippen LogP contribution in [0.15, 0.2) is 40.4 Å². The van der Waals surface area contributed by atoms with Gasteiger partial charge in [-0.05, 0) is 50.1 Å². The zero-order chi connectivity index (χ0) is 25.0. The van der Waals surface area contributed by atoms with Crippen molar-refractivity contribution in [2.45, 2.75) is 66.1 Å². The van der Waals surface area contributed by atoms with E-state index in [-0.39, 0.29) is 23.8 Å². The molecule has 2 aliphatic rings. The van der Waals surface area contributed by atoms with Crippen molar-refractivity contribution in [1.82, 2.24) is 19.3 Å². The Morgan fingerprint density at radius 2 is 1.91 bits per heavy atom. The Hall–Kier alpha value is -2.62. The van der Waals surface area contributed by atoms with Crippen molar-refractivity contribution >= 4 is 32.8 Å². The number of nitrogens with zero attached hydrogens (tertiary/aromatic N) is 4. The molecule has 0 bridgehead atoms. The summed E-state index contributed by atoms with van der Waals surface area (Å²) in [6.45, 7) is 0. The SMILES string of the molecule is CSc1cnc2c(c1)c(C#N)c(-c1ccc(S(=O)(=O)NC3(C(F)(F)F)CC3)cn1)n2C1CCCC1. The van der Waals surface area contributed by atoms with Gasteiger partial charge >= 0.3 is 6.18 Å². The van der Waals surface area contributed by atoms with Gasteiger partial charge in [-0.1, -0.05) is 12.8 Å². The third-order valence-electron chi connectivity index (χ3n) is 6.77. The molecule has 2 saturated carbocycles. The highest BCUT2D eigenvalue weighted by Gasteiger charge is 2.65. The number of rotatable bonds is 6. The molecule has 0 aliphatic heterocycles. The van der Waals surface area contributed by atoms with E-state index in [1.165, 1.54) is 23.9 Å². The van der Waals surface area contributed by atoms with Crippen LogP contribution in [-0.4, -0.2) is 40.9 Å². The molecule has 0 unspecified atom stereocenters. The molecule has 1 N–H and O–H groups in total. The molecule has 0 atom stereocenters. The normalized spacial score (nSPS) is 18.1. The van der Waals surface area contributed by atoms with E-state index >= 15 is 0 Å². The van der Waals surface area contributed by atoms with Gasteiger partial charge in [-0.25, -0.2) is 13.4 Å². The fraction of sp³-hybridized carbons (Fsp3) is 0.435.